The first-order valence-corrected chi connectivity index (χ1v) is 8.07. The van der Waals surface area contributed by atoms with Gasteiger partial charge in [-0.2, -0.15) is 0 Å². The Kier molecular flexibility index (Phi) is 4.85. The molecule has 3 rings (SSSR count). The summed E-state index contributed by atoms with van der Waals surface area (Å²) in [6.45, 7) is 1.000. The monoisotopic (exact) mass is 367 g/mol. The Labute approximate surface area is 148 Å². The fourth-order valence-electron chi connectivity index (χ4n) is 2.53. The minimum atomic E-state index is -1.07. The van der Waals surface area contributed by atoms with Gasteiger partial charge in [-0.25, -0.2) is 0 Å². The SMILES string of the molecule is NC(Cc1cc(Cl)c(Cl)c(-c2ccc3c(c2)OCCO3)c1)C(=O)O. The van der Waals surface area contributed by atoms with Crippen LogP contribution in [0.15, 0.2) is 30.3 Å². The maximum absolute atomic E-state index is 11.0. The van der Waals surface area contributed by atoms with Crippen molar-refractivity contribution in [2.45, 2.75) is 12.5 Å². The van der Waals surface area contributed by atoms with Crippen molar-refractivity contribution in [1.82, 2.24) is 0 Å². The number of nitrogens with two attached hydrogens (primary N) is 1. The van der Waals surface area contributed by atoms with Crippen molar-refractivity contribution in [3.8, 4) is 22.6 Å². The Morgan fingerprint density at radius 2 is 1.88 bits per heavy atom. The van der Waals surface area contributed by atoms with Crippen LogP contribution in [0.2, 0.25) is 10.0 Å². The number of carboxylic acids is 1. The van der Waals surface area contributed by atoms with Crippen molar-refractivity contribution >= 4 is 29.2 Å². The molecule has 2 aromatic carbocycles. The summed E-state index contributed by atoms with van der Waals surface area (Å²) in [6.07, 6.45) is 0.157. The highest BCUT2D eigenvalue weighted by Gasteiger charge is 2.18. The number of aliphatic carboxylic acids is 1. The van der Waals surface area contributed by atoms with Gasteiger partial charge in [0.15, 0.2) is 11.5 Å². The molecule has 0 bridgehead atoms. The summed E-state index contributed by atoms with van der Waals surface area (Å²) in [5, 5.41) is 9.71. The number of hydrogen-bond donors (Lipinski definition) is 2. The third kappa shape index (κ3) is 3.43. The van der Waals surface area contributed by atoms with Crippen molar-refractivity contribution in [3.63, 3.8) is 0 Å². The topological polar surface area (TPSA) is 81.8 Å². The highest BCUT2D eigenvalue weighted by atomic mass is 35.5. The van der Waals surface area contributed by atoms with Crippen LogP contribution in [-0.2, 0) is 11.2 Å². The molecule has 126 valence electrons. The molecule has 2 aromatic rings. The maximum Gasteiger partial charge on any atom is 0.320 e. The molecule has 0 aliphatic carbocycles. The van der Waals surface area contributed by atoms with Crippen molar-refractivity contribution in [2.75, 3.05) is 13.2 Å². The van der Waals surface area contributed by atoms with Gasteiger partial charge in [-0.15, -0.1) is 0 Å². The van der Waals surface area contributed by atoms with E-state index in [-0.39, 0.29) is 6.42 Å². The number of hydrogen-bond acceptors (Lipinski definition) is 4. The van der Waals surface area contributed by atoms with E-state index in [1.807, 2.05) is 18.2 Å². The largest absolute Gasteiger partial charge is 0.486 e. The van der Waals surface area contributed by atoms with E-state index in [9.17, 15) is 4.79 Å². The zero-order valence-electron chi connectivity index (χ0n) is 12.6. The lowest BCUT2D eigenvalue weighted by molar-refractivity contribution is -0.138. The van der Waals surface area contributed by atoms with Gasteiger partial charge in [0.05, 0.1) is 10.0 Å². The zero-order chi connectivity index (χ0) is 17.3. The van der Waals surface area contributed by atoms with Crippen LogP contribution in [-0.4, -0.2) is 30.3 Å². The lowest BCUT2D eigenvalue weighted by atomic mass is 9.99. The first kappa shape index (κ1) is 16.9. The summed E-state index contributed by atoms with van der Waals surface area (Å²) in [4.78, 5) is 11.0. The minimum Gasteiger partial charge on any atom is -0.486 e. The van der Waals surface area contributed by atoms with Crippen LogP contribution in [0.5, 0.6) is 11.5 Å². The molecule has 0 saturated carbocycles. The van der Waals surface area contributed by atoms with E-state index in [1.165, 1.54) is 0 Å². The van der Waals surface area contributed by atoms with Crippen LogP contribution in [0.1, 0.15) is 5.56 Å². The van der Waals surface area contributed by atoms with E-state index < -0.39 is 12.0 Å². The Hall–Kier alpha value is -1.95. The summed E-state index contributed by atoms with van der Waals surface area (Å²) >= 11 is 12.5. The molecule has 0 spiro atoms. The molecule has 1 atom stereocenters. The average Bonchev–Trinajstić information content (AvgIpc) is 2.57. The van der Waals surface area contributed by atoms with Crippen molar-refractivity contribution in [3.05, 3.63) is 45.9 Å². The van der Waals surface area contributed by atoms with Crippen molar-refractivity contribution in [1.29, 1.82) is 0 Å². The van der Waals surface area contributed by atoms with Gasteiger partial charge in [-0.1, -0.05) is 29.3 Å². The standard InChI is InChI=1S/C17H15Cl2NO4/c18-12-6-9(7-13(20)17(21)22)5-11(16(12)19)10-1-2-14-15(8-10)24-4-3-23-14/h1-2,5-6,8,13H,3-4,7,20H2,(H,21,22). The quantitative estimate of drug-likeness (QED) is 0.865. The fourth-order valence-corrected chi connectivity index (χ4v) is 2.99. The van der Waals surface area contributed by atoms with Crippen LogP contribution in [0, 0.1) is 0 Å². The van der Waals surface area contributed by atoms with Crippen LogP contribution in [0.25, 0.3) is 11.1 Å². The molecular weight excluding hydrogens is 353 g/mol. The zero-order valence-corrected chi connectivity index (χ0v) is 14.1. The van der Waals surface area contributed by atoms with Crippen molar-refractivity contribution in [2.24, 2.45) is 5.73 Å². The normalized spacial score (nSPS) is 14.3. The smallest absolute Gasteiger partial charge is 0.320 e. The maximum atomic E-state index is 11.0. The van der Waals surface area contributed by atoms with E-state index in [0.717, 1.165) is 5.56 Å². The molecular formula is C17H15Cl2NO4. The van der Waals surface area contributed by atoms with Crippen LogP contribution in [0.3, 0.4) is 0 Å². The molecule has 0 aromatic heterocycles. The molecule has 1 aliphatic rings. The van der Waals surface area contributed by atoms with Crippen LogP contribution >= 0.6 is 23.2 Å². The van der Waals surface area contributed by atoms with E-state index in [1.54, 1.807) is 12.1 Å². The molecule has 0 fully saturated rings. The van der Waals surface area contributed by atoms with Crippen LogP contribution in [0.4, 0.5) is 0 Å². The number of ether oxygens (including phenoxy) is 2. The number of carboxylic acid groups (broad SMARTS) is 1. The average molecular weight is 368 g/mol. The van der Waals surface area contributed by atoms with E-state index in [2.05, 4.69) is 0 Å². The van der Waals surface area contributed by atoms with Gasteiger partial charge in [0.2, 0.25) is 0 Å². The number of benzene rings is 2. The first-order valence-electron chi connectivity index (χ1n) is 7.32. The molecule has 1 heterocycles. The lowest BCUT2D eigenvalue weighted by Crippen LogP contribution is -2.32. The molecule has 7 heteroatoms. The van der Waals surface area contributed by atoms with Gasteiger partial charge >= 0.3 is 5.97 Å². The second-order valence-corrected chi connectivity index (χ2v) is 6.23. The summed E-state index contributed by atoms with van der Waals surface area (Å²) in [5.41, 5.74) is 7.79. The highest BCUT2D eigenvalue weighted by molar-refractivity contribution is 6.43. The van der Waals surface area contributed by atoms with Gasteiger partial charge in [0.25, 0.3) is 0 Å². The van der Waals surface area contributed by atoms with E-state index in [4.69, 9.17) is 43.5 Å². The fraction of sp³-hybridized carbons (Fsp3) is 0.235. The molecule has 0 saturated heterocycles. The third-order valence-corrected chi connectivity index (χ3v) is 4.52. The van der Waals surface area contributed by atoms with Crippen molar-refractivity contribution < 1.29 is 19.4 Å². The molecule has 3 N–H and O–H groups in total. The molecule has 24 heavy (non-hydrogen) atoms. The number of halogens is 2. The van der Waals surface area contributed by atoms with Gasteiger partial charge in [-0.3, -0.25) is 4.79 Å². The third-order valence-electron chi connectivity index (χ3n) is 3.71. The molecule has 0 radical (unpaired) electrons. The molecule has 1 unspecified atom stereocenters. The van der Waals surface area contributed by atoms with Gasteiger partial charge in [-0.05, 0) is 41.8 Å². The number of fused-ring (bicyclic) bond motifs is 1. The van der Waals surface area contributed by atoms with Gasteiger partial charge in [0, 0.05) is 5.56 Å². The summed E-state index contributed by atoms with van der Waals surface area (Å²) in [5.74, 6) is 0.247. The summed E-state index contributed by atoms with van der Waals surface area (Å²) in [7, 11) is 0. The Balaban J connectivity index is 2.00. The molecule has 1 aliphatic heterocycles. The summed E-state index contributed by atoms with van der Waals surface area (Å²) in [6, 6.07) is 7.91. The minimum absolute atomic E-state index is 0.157. The van der Waals surface area contributed by atoms with E-state index in [0.29, 0.717) is 45.9 Å². The van der Waals surface area contributed by atoms with Gasteiger partial charge < -0.3 is 20.3 Å². The Bertz CT molecular complexity index is 794. The van der Waals surface area contributed by atoms with Crippen LogP contribution < -0.4 is 15.2 Å². The second-order valence-electron chi connectivity index (χ2n) is 5.45. The lowest BCUT2D eigenvalue weighted by Gasteiger charge is -2.19. The molecule has 5 nitrogen and oxygen atoms in total. The van der Waals surface area contributed by atoms with Gasteiger partial charge in [0.1, 0.15) is 19.3 Å². The predicted molar refractivity (Wildman–Crippen MR) is 92.2 cm³/mol. The number of rotatable bonds is 4. The highest BCUT2D eigenvalue weighted by Crippen LogP contribution is 2.39. The van der Waals surface area contributed by atoms with E-state index >= 15 is 0 Å². The first-order chi connectivity index (χ1) is 11.5. The number of carbonyl (C=O) groups is 1. The summed E-state index contributed by atoms with van der Waals surface area (Å²) < 4.78 is 11.1. The Morgan fingerprint density at radius 1 is 1.17 bits per heavy atom. The molecule has 0 amide bonds. The predicted octanol–water partition coefficient (Wildman–Crippen LogP) is 3.39. The Morgan fingerprint density at radius 3 is 2.58 bits per heavy atom. The second kappa shape index (κ2) is 6.89.